The summed E-state index contributed by atoms with van der Waals surface area (Å²) in [7, 11) is 0. The van der Waals surface area contributed by atoms with Gasteiger partial charge in [-0.05, 0) is 111 Å². The van der Waals surface area contributed by atoms with E-state index in [9.17, 15) is 23.9 Å². The van der Waals surface area contributed by atoms with Crippen molar-refractivity contribution in [3.05, 3.63) is 132 Å². The summed E-state index contributed by atoms with van der Waals surface area (Å²) < 4.78 is 30.2. The molecule has 13 heteroatoms. The lowest BCUT2D eigenvalue weighted by Gasteiger charge is -2.17. The molecule has 4 rings (SSSR count). The number of hydrogen-bond acceptors (Lipinski definition) is 12. The van der Waals surface area contributed by atoms with Crippen molar-refractivity contribution in [1.82, 2.24) is 0 Å². The van der Waals surface area contributed by atoms with Crippen LogP contribution in [0.15, 0.2) is 130 Å². The Morgan fingerprint density at radius 3 is 2.12 bits per heavy atom. The lowest BCUT2D eigenvalue weighted by atomic mass is 9.91. The first kappa shape index (κ1) is 44.2. The number of nitrogens with one attached hydrogen (secondary N) is 1. The first-order chi connectivity index (χ1) is 28.1. The Kier molecular flexibility index (Phi) is 17.9. The summed E-state index contributed by atoms with van der Waals surface area (Å²) in [6.45, 7) is 12.1. The van der Waals surface area contributed by atoms with E-state index in [-0.39, 0.29) is 35.9 Å². The Labute approximate surface area is 338 Å². The van der Waals surface area contributed by atoms with Gasteiger partial charge in [-0.25, -0.2) is 18.8 Å². The number of azo groups is 2. The summed E-state index contributed by atoms with van der Waals surface area (Å²) in [4.78, 5) is 35.1. The number of halogens is 1. The van der Waals surface area contributed by atoms with Gasteiger partial charge in [0.25, 0.3) is 0 Å². The molecule has 4 aromatic carbocycles. The van der Waals surface area contributed by atoms with E-state index in [1.54, 1.807) is 13.0 Å². The minimum Gasteiger partial charge on any atom is -0.507 e. The van der Waals surface area contributed by atoms with Crippen LogP contribution in [0.5, 0.6) is 5.75 Å². The van der Waals surface area contributed by atoms with Crippen LogP contribution in [0.2, 0.25) is 0 Å². The van der Waals surface area contributed by atoms with Gasteiger partial charge in [0.15, 0.2) is 5.82 Å². The Hall–Kier alpha value is -6.50. The molecule has 1 atom stereocenters. The highest BCUT2D eigenvalue weighted by Crippen LogP contribution is 2.30. The number of carbonyl (C=O) groups is 3. The molecule has 12 nitrogen and oxygen atoms in total. The zero-order valence-corrected chi connectivity index (χ0v) is 33.0. The van der Waals surface area contributed by atoms with Crippen molar-refractivity contribution in [2.45, 2.75) is 64.7 Å². The molecule has 0 aliphatic heterocycles. The van der Waals surface area contributed by atoms with Crippen molar-refractivity contribution >= 4 is 46.3 Å². The quantitative estimate of drug-likeness (QED) is 0.0247. The van der Waals surface area contributed by atoms with Crippen LogP contribution >= 0.6 is 0 Å². The summed E-state index contributed by atoms with van der Waals surface area (Å²) in [6.07, 6.45) is 6.80. The molecule has 2 N–H and O–H groups in total. The van der Waals surface area contributed by atoms with E-state index in [0.29, 0.717) is 42.3 Å². The van der Waals surface area contributed by atoms with E-state index in [0.717, 1.165) is 49.9 Å². The summed E-state index contributed by atoms with van der Waals surface area (Å²) in [6, 6.07) is 24.4. The van der Waals surface area contributed by atoms with Crippen molar-refractivity contribution in [2.24, 2.45) is 20.5 Å². The Balaban J connectivity index is 1.19. The van der Waals surface area contributed by atoms with Crippen molar-refractivity contribution in [3.8, 4) is 5.75 Å². The molecule has 0 saturated heterocycles. The Bertz CT molecular complexity index is 2070. The number of unbranched alkanes of at least 4 members (excludes halogenated alkanes) is 1. The van der Waals surface area contributed by atoms with Gasteiger partial charge in [0.2, 0.25) is 0 Å². The molecule has 304 valence electrons. The van der Waals surface area contributed by atoms with E-state index in [1.165, 1.54) is 42.0 Å². The molecule has 0 spiro atoms. The number of hydrogen-bond donors (Lipinski definition) is 2. The van der Waals surface area contributed by atoms with Gasteiger partial charge in [-0.1, -0.05) is 50.8 Å². The number of esters is 3. The van der Waals surface area contributed by atoms with Gasteiger partial charge >= 0.3 is 17.9 Å². The van der Waals surface area contributed by atoms with Crippen LogP contribution in [-0.2, 0) is 30.2 Å². The lowest BCUT2D eigenvalue weighted by molar-refractivity contribution is -0.139. The van der Waals surface area contributed by atoms with Gasteiger partial charge in [0, 0.05) is 36.0 Å². The first-order valence-electron chi connectivity index (χ1n) is 19.2. The highest BCUT2D eigenvalue weighted by Gasteiger charge is 2.14. The average Bonchev–Trinajstić information content (AvgIpc) is 3.22. The van der Waals surface area contributed by atoms with Crippen LogP contribution in [0.4, 0.5) is 32.8 Å². The zero-order chi connectivity index (χ0) is 41.7. The molecule has 0 amide bonds. The van der Waals surface area contributed by atoms with Gasteiger partial charge in [-0.15, -0.1) is 5.11 Å². The van der Waals surface area contributed by atoms with Crippen LogP contribution in [0, 0.1) is 5.82 Å². The van der Waals surface area contributed by atoms with E-state index >= 15 is 0 Å². The molecule has 0 aromatic heterocycles. The second-order valence-electron chi connectivity index (χ2n) is 13.5. The van der Waals surface area contributed by atoms with Crippen LogP contribution in [-0.4, -0.2) is 49.4 Å². The van der Waals surface area contributed by atoms with E-state index in [4.69, 9.17) is 14.2 Å². The summed E-state index contributed by atoms with van der Waals surface area (Å²) in [5, 5.41) is 30.1. The Morgan fingerprint density at radius 1 is 0.793 bits per heavy atom. The predicted octanol–water partition coefficient (Wildman–Crippen LogP) is 11.5. The molecular weight excluding hydrogens is 742 g/mol. The van der Waals surface area contributed by atoms with Crippen molar-refractivity contribution < 1.29 is 38.1 Å². The molecular formula is C45H50FN5O7. The molecule has 58 heavy (non-hydrogen) atoms. The topological polar surface area (TPSA) is 161 Å². The fraction of sp³-hybridized carbons (Fsp3) is 0.311. The highest BCUT2D eigenvalue weighted by atomic mass is 19.1. The van der Waals surface area contributed by atoms with E-state index in [2.05, 4.69) is 70.1 Å². The molecule has 0 heterocycles. The summed E-state index contributed by atoms with van der Waals surface area (Å²) in [5.74, 6) is -2.29. The van der Waals surface area contributed by atoms with Crippen molar-refractivity contribution in [2.75, 3.05) is 31.7 Å². The lowest BCUT2D eigenvalue weighted by Crippen LogP contribution is -2.09. The molecule has 0 aliphatic rings. The van der Waals surface area contributed by atoms with Gasteiger partial charge in [-0.3, -0.25) is 0 Å². The predicted molar refractivity (Wildman–Crippen MR) is 221 cm³/mol. The van der Waals surface area contributed by atoms with Gasteiger partial charge in [-0.2, -0.15) is 15.3 Å². The maximum atomic E-state index is 14.8. The second kappa shape index (κ2) is 23.5. The monoisotopic (exact) mass is 791 g/mol. The number of rotatable bonds is 23. The third kappa shape index (κ3) is 14.9. The largest absolute Gasteiger partial charge is 0.507 e. The summed E-state index contributed by atoms with van der Waals surface area (Å²) in [5.41, 5.74) is 4.76. The first-order valence-corrected chi connectivity index (χ1v) is 19.2. The molecule has 0 bridgehead atoms. The average molecular weight is 792 g/mol. The van der Waals surface area contributed by atoms with E-state index < -0.39 is 23.7 Å². The molecule has 4 aromatic rings. The highest BCUT2D eigenvalue weighted by molar-refractivity contribution is 5.93. The van der Waals surface area contributed by atoms with Crippen LogP contribution in [0.3, 0.4) is 0 Å². The molecule has 0 saturated carbocycles. The smallest absolute Gasteiger partial charge is 0.341 e. The number of aryl methyl sites for hydroxylation is 1. The third-order valence-corrected chi connectivity index (χ3v) is 8.84. The standard InChI is InChI=1S/C45H50FN5O7/c1-5-10-33(24-28-56-43(53)6-2)34-14-18-35(19-15-34)47-25-9-11-32-12-16-36(17-13-32)48-49-37-21-23-41(40(46)29-37)51-50-38-20-22-39(42(52)30-38)45(55)58-27-8-7-26-57-44(54)31(3)4/h6,12-23,29-30,33,47,52H,2-3,5,7-11,24-28H2,1,4H3. The number of aromatic hydroxyl groups is 1. The number of nitrogens with zero attached hydrogens (tertiary/aromatic N) is 4. The maximum absolute atomic E-state index is 14.8. The summed E-state index contributed by atoms with van der Waals surface area (Å²) >= 11 is 0. The minimum atomic E-state index is -0.727. The van der Waals surface area contributed by atoms with Crippen LogP contribution in [0.1, 0.15) is 79.8 Å². The normalized spacial score (nSPS) is 11.6. The van der Waals surface area contributed by atoms with Crippen LogP contribution in [0.25, 0.3) is 0 Å². The molecule has 1 unspecified atom stereocenters. The van der Waals surface area contributed by atoms with Crippen molar-refractivity contribution in [3.63, 3.8) is 0 Å². The van der Waals surface area contributed by atoms with Crippen LogP contribution < -0.4 is 5.32 Å². The number of anilines is 1. The van der Waals surface area contributed by atoms with Crippen molar-refractivity contribution in [1.29, 1.82) is 0 Å². The molecule has 0 fully saturated rings. The minimum absolute atomic E-state index is 0.0481. The number of carbonyl (C=O) groups excluding carboxylic acids is 3. The van der Waals surface area contributed by atoms with Gasteiger partial charge in [0.05, 0.1) is 36.9 Å². The zero-order valence-electron chi connectivity index (χ0n) is 33.0. The molecule has 0 aliphatic carbocycles. The number of ether oxygens (including phenoxy) is 3. The number of phenolic OH excluding ortho intramolecular Hbond substituents is 1. The SMILES string of the molecule is C=CC(=O)OCCC(CCC)c1ccc(NCCCc2ccc(N=Nc3ccc(N=Nc4ccc(C(=O)OCCCCOC(=O)C(=C)C)c(O)c4)c(F)c3)cc2)cc1. The third-order valence-electron chi connectivity index (χ3n) is 8.84. The number of phenols is 1. The fourth-order valence-electron chi connectivity index (χ4n) is 5.67. The second-order valence-corrected chi connectivity index (χ2v) is 13.5. The maximum Gasteiger partial charge on any atom is 0.341 e. The molecule has 0 radical (unpaired) electrons. The van der Waals surface area contributed by atoms with E-state index in [1.807, 2.05) is 24.3 Å². The number of benzene rings is 4. The fourth-order valence-corrected chi connectivity index (χ4v) is 5.67. The van der Waals surface area contributed by atoms with Gasteiger partial charge in [0.1, 0.15) is 17.0 Å². The Morgan fingerprint density at radius 2 is 1.45 bits per heavy atom. The van der Waals surface area contributed by atoms with Gasteiger partial charge < -0.3 is 24.6 Å².